The zero-order valence-electron chi connectivity index (χ0n) is 9.57. The zero-order chi connectivity index (χ0) is 10.7. The third-order valence-electron chi connectivity index (χ3n) is 3.02. The van der Waals surface area contributed by atoms with Gasteiger partial charge in [0.1, 0.15) is 6.73 Å². The minimum Gasteiger partial charge on any atom is -0.361 e. The summed E-state index contributed by atoms with van der Waals surface area (Å²) in [6.45, 7) is 3.77. The summed E-state index contributed by atoms with van der Waals surface area (Å²) >= 11 is 0. The van der Waals surface area contributed by atoms with E-state index in [4.69, 9.17) is 4.74 Å². The number of rotatable bonds is 6. The lowest BCUT2D eigenvalue weighted by Gasteiger charge is -2.14. The van der Waals surface area contributed by atoms with Crippen molar-refractivity contribution in [3.63, 3.8) is 0 Å². The highest BCUT2D eigenvalue weighted by Gasteiger charge is 2.21. The van der Waals surface area contributed by atoms with Crippen molar-refractivity contribution in [1.82, 2.24) is 9.88 Å². The molecule has 1 aliphatic rings. The molecule has 0 saturated heterocycles. The van der Waals surface area contributed by atoms with Crippen molar-refractivity contribution in [1.29, 1.82) is 0 Å². The average Bonchev–Trinajstić information content (AvgIpc) is 2.95. The molecule has 0 amide bonds. The second kappa shape index (κ2) is 4.81. The summed E-state index contributed by atoms with van der Waals surface area (Å²) < 4.78 is 7.84. The maximum atomic E-state index is 5.67. The summed E-state index contributed by atoms with van der Waals surface area (Å²) in [6, 6.07) is 4.59. The van der Waals surface area contributed by atoms with Gasteiger partial charge in [0.05, 0.1) is 6.61 Å². The Kier molecular flexibility index (Phi) is 3.44. The smallest absolute Gasteiger partial charge is 0.122 e. The van der Waals surface area contributed by atoms with Crippen molar-refractivity contribution in [2.75, 3.05) is 13.7 Å². The fourth-order valence-electron chi connectivity index (χ4n) is 1.69. The Morgan fingerprint density at radius 1 is 1.60 bits per heavy atom. The minimum absolute atomic E-state index is 0.379. The van der Waals surface area contributed by atoms with Gasteiger partial charge < -0.3 is 14.6 Å². The lowest BCUT2D eigenvalue weighted by Crippen LogP contribution is -2.17. The van der Waals surface area contributed by atoms with E-state index in [1.807, 2.05) is 7.05 Å². The molecule has 0 aliphatic heterocycles. The molecule has 0 aromatic carbocycles. The molecule has 1 aromatic heterocycles. The fraction of sp³-hybridized carbons (Fsp3) is 0.667. The number of ether oxygens (including phenoxy) is 1. The van der Waals surface area contributed by atoms with E-state index in [2.05, 4.69) is 35.1 Å². The van der Waals surface area contributed by atoms with Crippen LogP contribution in [0.3, 0.4) is 0 Å². The van der Waals surface area contributed by atoms with Gasteiger partial charge in [-0.3, -0.25) is 0 Å². The molecule has 1 unspecified atom stereocenters. The SMILES string of the molecule is CNC(C)c1cccn1COCC1CC1. The molecule has 3 heteroatoms. The van der Waals surface area contributed by atoms with Gasteiger partial charge >= 0.3 is 0 Å². The van der Waals surface area contributed by atoms with E-state index in [0.717, 1.165) is 12.5 Å². The first kappa shape index (κ1) is 10.7. The van der Waals surface area contributed by atoms with Gasteiger partial charge in [0, 0.05) is 17.9 Å². The summed E-state index contributed by atoms with van der Waals surface area (Å²) in [5.74, 6) is 0.839. The first-order valence-electron chi connectivity index (χ1n) is 5.71. The maximum absolute atomic E-state index is 5.67. The van der Waals surface area contributed by atoms with Crippen LogP contribution in [0.5, 0.6) is 0 Å². The van der Waals surface area contributed by atoms with Gasteiger partial charge in [-0.15, -0.1) is 0 Å². The molecule has 1 saturated carbocycles. The van der Waals surface area contributed by atoms with Crippen molar-refractivity contribution < 1.29 is 4.74 Å². The number of hydrogen-bond acceptors (Lipinski definition) is 2. The predicted octanol–water partition coefficient (Wildman–Crippen LogP) is 2.15. The number of nitrogens with zero attached hydrogens (tertiary/aromatic N) is 1. The molecule has 1 fully saturated rings. The van der Waals surface area contributed by atoms with Crippen LogP contribution in [-0.2, 0) is 11.5 Å². The standard InChI is InChI=1S/C12H20N2O/c1-10(13-2)12-4-3-7-14(12)9-15-8-11-5-6-11/h3-4,7,10-11,13H,5-6,8-9H2,1-2H3. The Hall–Kier alpha value is -0.800. The summed E-state index contributed by atoms with van der Waals surface area (Å²) in [7, 11) is 1.98. The first-order valence-corrected chi connectivity index (χ1v) is 5.71. The van der Waals surface area contributed by atoms with Crippen LogP contribution in [-0.4, -0.2) is 18.2 Å². The Morgan fingerprint density at radius 3 is 3.07 bits per heavy atom. The highest BCUT2D eigenvalue weighted by molar-refractivity contribution is 5.10. The Bertz CT molecular complexity index is 304. The highest BCUT2D eigenvalue weighted by atomic mass is 16.5. The average molecular weight is 208 g/mol. The topological polar surface area (TPSA) is 26.2 Å². The molecule has 84 valence electrons. The van der Waals surface area contributed by atoms with Gasteiger partial charge in [0.25, 0.3) is 0 Å². The van der Waals surface area contributed by atoms with Gasteiger partial charge in [-0.1, -0.05) is 0 Å². The molecule has 1 atom stereocenters. The predicted molar refractivity (Wildman–Crippen MR) is 60.6 cm³/mol. The Morgan fingerprint density at radius 2 is 2.40 bits per heavy atom. The largest absolute Gasteiger partial charge is 0.361 e. The van der Waals surface area contributed by atoms with E-state index in [-0.39, 0.29) is 0 Å². The second-order valence-electron chi connectivity index (χ2n) is 4.36. The van der Waals surface area contributed by atoms with Crippen molar-refractivity contribution >= 4 is 0 Å². The van der Waals surface area contributed by atoms with Gasteiger partial charge in [-0.2, -0.15) is 0 Å². The van der Waals surface area contributed by atoms with Crippen LogP contribution in [0, 0.1) is 5.92 Å². The van der Waals surface area contributed by atoms with E-state index in [1.54, 1.807) is 0 Å². The highest BCUT2D eigenvalue weighted by Crippen LogP contribution is 2.28. The molecule has 0 spiro atoms. The van der Waals surface area contributed by atoms with Crippen LogP contribution in [0.25, 0.3) is 0 Å². The number of aromatic nitrogens is 1. The van der Waals surface area contributed by atoms with Gasteiger partial charge in [0.15, 0.2) is 0 Å². The minimum atomic E-state index is 0.379. The molecule has 1 aliphatic carbocycles. The van der Waals surface area contributed by atoms with Crippen molar-refractivity contribution in [2.24, 2.45) is 5.92 Å². The van der Waals surface area contributed by atoms with Crippen LogP contribution in [0.2, 0.25) is 0 Å². The van der Waals surface area contributed by atoms with Crippen molar-refractivity contribution in [2.45, 2.75) is 32.5 Å². The van der Waals surface area contributed by atoms with E-state index in [1.165, 1.54) is 18.5 Å². The van der Waals surface area contributed by atoms with E-state index < -0.39 is 0 Å². The molecule has 15 heavy (non-hydrogen) atoms. The van der Waals surface area contributed by atoms with E-state index >= 15 is 0 Å². The van der Waals surface area contributed by atoms with E-state index in [9.17, 15) is 0 Å². The van der Waals surface area contributed by atoms with Crippen LogP contribution in [0.1, 0.15) is 31.5 Å². The quantitative estimate of drug-likeness (QED) is 0.775. The lowest BCUT2D eigenvalue weighted by molar-refractivity contribution is 0.0668. The van der Waals surface area contributed by atoms with Crippen LogP contribution in [0.15, 0.2) is 18.3 Å². The van der Waals surface area contributed by atoms with Gasteiger partial charge in [-0.05, 0) is 44.9 Å². The van der Waals surface area contributed by atoms with Crippen LogP contribution < -0.4 is 5.32 Å². The number of nitrogens with one attached hydrogen (secondary N) is 1. The molecule has 1 N–H and O–H groups in total. The molecule has 0 radical (unpaired) electrons. The summed E-state index contributed by atoms with van der Waals surface area (Å²) in [5.41, 5.74) is 1.29. The monoisotopic (exact) mass is 208 g/mol. The molecule has 1 heterocycles. The fourth-order valence-corrected chi connectivity index (χ4v) is 1.69. The van der Waals surface area contributed by atoms with Crippen molar-refractivity contribution in [3.8, 4) is 0 Å². The molecule has 0 bridgehead atoms. The Balaban J connectivity index is 1.85. The summed E-state index contributed by atoms with van der Waals surface area (Å²) in [5, 5.41) is 3.24. The molecule has 2 rings (SSSR count). The molecular weight excluding hydrogens is 188 g/mol. The third-order valence-corrected chi connectivity index (χ3v) is 3.02. The molecular formula is C12H20N2O. The summed E-state index contributed by atoms with van der Waals surface area (Å²) in [4.78, 5) is 0. The molecule has 3 nitrogen and oxygen atoms in total. The normalized spacial score (nSPS) is 18.0. The first-order chi connectivity index (χ1) is 7.31. The second-order valence-corrected chi connectivity index (χ2v) is 4.36. The van der Waals surface area contributed by atoms with Gasteiger partial charge in [0.2, 0.25) is 0 Å². The Labute approximate surface area is 91.4 Å². The van der Waals surface area contributed by atoms with Crippen LogP contribution in [0.4, 0.5) is 0 Å². The van der Waals surface area contributed by atoms with Gasteiger partial charge in [-0.25, -0.2) is 0 Å². The maximum Gasteiger partial charge on any atom is 0.122 e. The number of hydrogen-bond donors (Lipinski definition) is 1. The van der Waals surface area contributed by atoms with Crippen LogP contribution >= 0.6 is 0 Å². The zero-order valence-corrected chi connectivity index (χ0v) is 9.57. The molecule has 1 aromatic rings. The van der Waals surface area contributed by atoms with Crippen molar-refractivity contribution in [3.05, 3.63) is 24.0 Å². The third kappa shape index (κ3) is 2.83. The lowest BCUT2D eigenvalue weighted by atomic mass is 10.2. The van der Waals surface area contributed by atoms with E-state index in [0.29, 0.717) is 12.8 Å². The summed E-state index contributed by atoms with van der Waals surface area (Å²) in [6.07, 6.45) is 4.78.